The van der Waals surface area contributed by atoms with Crippen molar-refractivity contribution >= 4 is 17.9 Å². The summed E-state index contributed by atoms with van der Waals surface area (Å²) in [5, 5.41) is 0. The van der Waals surface area contributed by atoms with Crippen LogP contribution in [-0.4, -0.2) is 37.2 Å². The SMILES string of the molecule is CCCCCCCCCCCCCCC(=O)OC[C@H](COC(=O)CCCCCCCCCCCC)OC(=O)CCCCCCCCCCCCCCCCC(C)C. The van der Waals surface area contributed by atoms with Crippen molar-refractivity contribution in [1.29, 1.82) is 0 Å². The number of hydrogen-bond donors (Lipinski definition) is 0. The molecule has 0 unspecified atom stereocenters. The highest BCUT2D eigenvalue weighted by atomic mass is 16.6. The van der Waals surface area contributed by atoms with Gasteiger partial charge in [-0.1, -0.05) is 246 Å². The van der Waals surface area contributed by atoms with Crippen LogP contribution in [0.5, 0.6) is 0 Å². The molecule has 0 aromatic heterocycles. The quantitative estimate of drug-likeness (QED) is 0.0346. The summed E-state index contributed by atoms with van der Waals surface area (Å²) >= 11 is 0. The predicted octanol–water partition coefficient (Wildman–Crippen LogP) is 16.3. The lowest BCUT2D eigenvalue weighted by Crippen LogP contribution is -2.30. The third-order valence-corrected chi connectivity index (χ3v) is 11.5. The van der Waals surface area contributed by atoms with Crippen LogP contribution in [0.1, 0.15) is 285 Å². The number of carbonyl (C=O) groups is 3. The van der Waals surface area contributed by atoms with Crippen LogP contribution in [0.2, 0.25) is 0 Å². The largest absolute Gasteiger partial charge is 0.462 e. The monoisotopic (exact) mass is 807 g/mol. The fourth-order valence-electron chi connectivity index (χ4n) is 7.69. The zero-order valence-corrected chi connectivity index (χ0v) is 38.8. The van der Waals surface area contributed by atoms with Crippen LogP contribution >= 0.6 is 0 Å². The second-order valence-electron chi connectivity index (χ2n) is 17.9. The molecule has 0 saturated heterocycles. The highest BCUT2D eigenvalue weighted by Gasteiger charge is 2.19. The summed E-state index contributed by atoms with van der Waals surface area (Å²) in [6, 6.07) is 0. The Balaban J connectivity index is 4.28. The molecule has 0 saturated carbocycles. The second kappa shape index (κ2) is 45.5. The topological polar surface area (TPSA) is 78.9 Å². The van der Waals surface area contributed by atoms with Crippen LogP contribution in [0.4, 0.5) is 0 Å². The number of esters is 3. The molecule has 0 spiro atoms. The molecule has 0 rings (SSSR count). The highest BCUT2D eigenvalue weighted by Crippen LogP contribution is 2.17. The third kappa shape index (κ3) is 45.3. The molecule has 0 aliphatic carbocycles. The summed E-state index contributed by atoms with van der Waals surface area (Å²) in [4.78, 5) is 37.8. The standard InChI is InChI=1S/C51H98O6/c1-5-7-9-11-13-15-17-23-27-31-35-39-43-50(53)56-46-48(45-55-49(52)42-38-34-30-26-16-14-12-10-8-6-2)57-51(54)44-40-36-32-28-24-21-19-18-20-22-25-29-33-37-41-47(3)4/h47-48H,5-46H2,1-4H3/t48-/m0/s1. The number of ether oxygens (including phenoxy) is 3. The Labute approximate surface area is 355 Å². The number of hydrogen-bond acceptors (Lipinski definition) is 6. The van der Waals surface area contributed by atoms with E-state index in [0.717, 1.165) is 63.7 Å². The molecule has 6 heteroatoms. The Hall–Kier alpha value is -1.59. The van der Waals surface area contributed by atoms with E-state index >= 15 is 0 Å². The zero-order chi connectivity index (χ0) is 41.7. The molecule has 0 aromatic rings. The maximum Gasteiger partial charge on any atom is 0.306 e. The summed E-state index contributed by atoms with van der Waals surface area (Å²) < 4.78 is 16.8. The maximum absolute atomic E-state index is 12.8. The van der Waals surface area contributed by atoms with E-state index in [1.807, 2.05) is 0 Å². The number of unbranched alkanes of at least 4 members (excludes halogenated alkanes) is 33. The van der Waals surface area contributed by atoms with Crippen LogP contribution in [0.15, 0.2) is 0 Å². The van der Waals surface area contributed by atoms with Gasteiger partial charge in [0.15, 0.2) is 6.10 Å². The molecule has 57 heavy (non-hydrogen) atoms. The van der Waals surface area contributed by atoms with Gasteiger partial charge in [-0.3, -0.25) is 14.4 Å². The number of carbonyl (C=O) groups excluding carboxylic acids is 3. The van der Waals surface area contributed by atoms with Crippen molar-refractivity contribution in [2.24, 2.45) is 5.92 Å². The molecule has 0 aromatic carbocycles. The van der Waals surface area contributed by atoms with Crippen LogP contribution < -0.4 is 0 Å². The second-order valence-corrected chi connectivity index (χ2v) is 17.9. The fraction of sp³-hybridized carbons (Fsp3) is 0.941. The van der Waals surface area contributed by atoms with Gasteiger partial charge in [-0.15, -0.1) is 0 Å². The van der Waals surface area contributed by atoms with E-state index in [1.54, 1.807) is 0 Å². The fourth-order valence-corrected chi connectivity index (χ4v) is 7.69. The Morgan fingerprint density at radius 3 is 0.860 bits per heavy atom. The zero-order valence-electron chi connectivity index (χ0n) is 38.8. The normalized spacial score (nSPS) is 11.9. The van der Waals surface area contributed by atoms with Crippen LogP contribution in [0, 0.1) is 5.92 Å². The van der Waals surface area contributed by atoms with Crippen molar-refractivity contribution in [2.75, 3.05) is 13.2 Å². The van der Waals surface area contributed by atoms with Crippen molar-refractivity contribution in [1.82, 2.24) is 0 Å². The van der Waals surface area contributed by atoms with Gasteiger partial charge in [0.05, 0.1) is 0 Å². The van der Waals surface area contributed by atoms with Crippen molar-refractivity contribution < 1.29 is 28.6 Å². The first-order valence-electron chi connectivity index (χ1n) is 25.4. The first-order chi connectivity index (χ1) is 27.9. The Morgan fingerprint density at radius 2 is 0.579 bits per heavy atom. The Morgan fingerprint density at radius 1 is 0.333 bits per heavy atom. The van der Waals surface area contributed by atoms with Crippen LogP contribution in [0.25, 0.3) is 0 Å². The van der Waals surface area contributed by atoms with Gasteiger partial charge >= 0.3 is 17.9 Å². The van der Waals surface area contributed by atoms with Gasteiger partial charge in [-0.2, -0.15) is 0 Å². The van der Waals surface area contributed by atoms with Crippen molar-refractivity contribution in [3.05, 3.63) is 0 Å². The first kappa shape index (κ1) is 55.4. The predicted molar refractivity (Wildman–Crippen MR) is 243 cm³/mol. The van der Waals surface area contributed by atoms with Gasteiger partial charge in [0, 0.05) is 19.3 Å². The summed E-state index contributed by atoms with van der Waals surface area (Å²) in [6.45, 7) is 9.02. The van der Waals surface area contributed by atoms with Crippen molar-refractivity contribution in [2.45, 2.75) is 291 Å². The molecule has 0 bridgehead atoms. The molecule has 0 heterocycles. The van der Waals surface area contributed by atoms with Gasteiger partial charge in [0.25, 0.3) is 0 Å². The minimum Gasteiger partial charge on any atom is -0.462 e. The van der Waals surface area contributed by atoms with Gasteiger partial charge < -0.3 is 14.2 Å². The molecule has 0 N–H and O–H groups in total. The average Bonchev–Trinajstić information content (AvgIpc) is 3.19. The summed E-state index contributed by atoms with van der Waals surface area (Å²) in [6.07, 6.45) is 46.5. The van der Waals surface area contributed by atoms with E-state index in [0.29, 0.717) is 19.3 Å². The van der Waals surface area contributed by atoms with E-state index in [1.165, 1.54) is 180 Å². The van der Waals surface area contributed by atoms with E-state index in [9.17, 15) is 14.4 Å². The summed E-state index contributed by atoms with van der Waals surface area (Å²) in [7, 11) is 0. The van der Waals surface area contributed by atoms with Gasteiger partial charge in [-0.05, 0) is 25.2 Å². The van der Waals surface area contributed by atoms with Gasteiger partial charge in [0.2, 0.25) is 0 Å². The van der Waals surface area contributed by atoms with E-state index in [4.69, 9.17) is 14.2 Å². The van der Waals surface area contributed by atoms with E-state index in [2.05, 4.69) is 27.7 Å². The highest BCUT2D eigenvalue weighted by molar-refractivity contribution is 5.71. The Kier molecular flexibility index (Phi) is 44.2. The summed E-state index contributed by atoms with van der Waals surface area (Å²) in [5.41, 5.74) is 0. The molecule has 0 aliphatic heterocycles. The van der Waals surface area contributed by atoms with Crippen LogP contribution in [-0.2, 0) is 28.6 Å². The minimum absolute atomic E-state index is 0.0628. The molecule has 0 radical (unpaired) electrons. The van der Waals surface area contributed by atoms with Crippen molar-refractivity contribution in [3.8, 4) is 0 Å². The molecular weight excluding hydrogens is 709 g/mol. The van der Waals surface area contributed by atoms with Crippen molar-refractivity contribution in [3.63, 3.8) is 0 Å². The van der Waals surface area contributed by atoms with Gasteiger partial charge in [0.1, 0.15) is 13.2 Å². The molecule has 1 atom stereocenters. The molecule has 338 valence electrons. The molecule has 0 aliphatic rings. The van der Waals surface area contributed by atoms with Crippen LogP contribution in [0.3, 0.4) is 0 Å². The average molecular weight is 807 g/mol. The Bertz CT molecular complexity index is 857. The lowest BCUT2D eigenvalue weighted by atomic mass is 10.0. The number of rotatable bonds is 46. The van der Waals surface area contributed by atoms with E-state index < -0.39 is 6.10 Å². The minimum atomic E-state index is -0.759. The third-order valence-electron chi connectivity index (χ3n) is 11.5. The molecule has 6 nitrogen and oxygen atoms in total. The molecule has 0 amide bonds. The van der Waals surface area contributed by atoms with Gasteiger partial charge in [-0.25, -0.2) is 0 Å². The summed E-state index contributed by atoms with van der Waals surface area (Å²) in [5.74, 6) is -0.00349. The maximum atomic E-state index is 12.8. The first-order valence-corrected chi connectivity index (χ1v) is 25.4. The molecule has 0 fully saturated rings. The van der Waals surface area contributed by atoms with E-state index in [-0.39, 0.29) is 31.1 Å². The lowest BCUT2D eigenvalue weighted by Gasteiger charge is -2.18. The molecular formula is C51H98O6. The lowest BCUT2D eigenvalue weighted by molar-refractivity contribution is -0.167. The smallest absolute Gasteiger partial charge is 0.306 e.